The second-order valence-electron chi connectivity index (χ2n) is 7.03. The van der Waals surface area contributed by atoms with Crippen LogP contribution in [0.5, 0.6) is 11.5 Å². The van der Waals surface area contributed by atoms with Gasteiger partial charge in [0, 0.05) is 17.6 Å². The number of rotatable bonds is 10. The smallest absolute Gasteiger partial charge is 0.320 e. The van der Waals surface area contributed by atoms with Crippen LogP contribution in [-0.4, -0.2) is 24.2 Å². The SMILES string of the molecule is COc1cc(CNC(CC(C)C)C(=O)O)c(Cl)cc1OCc1ccc(Cl)c(Cl)c1. The summed E-state index contributed by atoms with van der Waals surface area (Å²) in [5.41, 5.74) is 1.57. The molecule has 0 spiro atoms. The predicted molar refractivity (Wildman–Crippen MR) is 117 cm³/mol. The third-order valence-electron chi connectivity index (χ3n) is 4.26. The van der Waals surface area contributed by atoms with Crippen LogP contribution >= 0.6 is 34.8 Å². The molecule has 0 aliphatic rings. The van der Waals surface area contributed by atoms with Crippen molar-refractivity contribution in [3.63, 3.8) is 0 Å². The maximum Gasteiger partial charge on any atom is 0.320 e. The number of hydrogen-bond acceptors (Lipinski definition) is 4. The lowest BCUT2D eigenvalue weighted by atomic mass is 10.0. The number of aliphatic carboxylic acids is 1. The Balaban J connectivity index is 2.11. The van der Waals surface area contributed by atoms with E-state index in [2.05, 4.69) is 5.32 Å². The molecule has 0 bridgehead atoms. The van der Waals surface area contributed by atoms with E-state index in [-0.39, 0.29) is 12.5 Å². The zero-order valence-corrected chi connectivity index (χ0v) is 18.7. The molecule has 0 saturated heterocycles. The molecule has 2 rings (SSSR count). The van der Waals surface area contributed by atoms with Gasteiger partial charge in [0.1, 0.15) is 12.6 Å². The first-order valence-corrected chi connectivity index (χ1v) is 10.2. The highest BCUT2D eigenvalue weighted by molar-refractivity contribution is 6.42. The van der Waals surface area contributed by atoms with E-state index in [9.17, 15) is 9.90 Å². The van der Waals surface area contributed by atoms with Gasteiger partial charge in [-0.25, -0.2) is 0 Å². The molecular formula is C21H24Cl3NO4. The second kappa shape index (κ2) is 10.9. The van der Waals surface area contributed by atoms with Gasteiger partial charge in [-0.3, -0.25) is 4.79 Å². The van der Waals surface area contributed by atoms with E-state index >= 15 is 0 Å². The van der Waals surface area contributed by atoms with Gasteiger partial charge in [0.15, 0.2) is 11.5 Å². The molecule has 0 saturated carbocycles. The number of halogens is 3. The summed E-state index contributed by atoms with van der Waals surface area (Å²) in [4.78, 5) is 11.4. The molecule has 2 aromatic rings. The lowest BCUT2D eigenvalue weighted by molar-refractivity contribution is -0.140. The Morgan fingerprint density at radius 2 is 1.79 bits per heavy atom. The summed E-state index contributed by atoms with van der Waals surface area (Å²) in [6.07, 6.45) is 0.523. The molecule has 158 valence electrons. The summed E-state index contributed by atoms with van der Waals surface area (Å²) in [7, 11) is 1.53. The molecule has 0 heterocycles. The van der Waals surface area contributed by atoms with Gasteiger partial charge in [-0.15, -0.1) is 0 Å². The third-order valence-corrected chi connectivity index (χ3v) is 5.35. The van der Waals surface area contributed by atoms with Gasteiger partial charge in [0.2, 0.25) is 0 Å². The van der Waals surface area contributed by atoms with Crippen LogP contribution in [0.25, 0.3) is 0 Å². The van der Waals surface area contributed by atoms with Crippen molar-refractivity contribution in [1.29, 1.82) is 0 Å². The summed E-state index contributed by atoms with van der Waals surface area (Å²) in [6, 6.07) is 8.01. The van der Waals surface area contributed by atoms with Gasteiger partial charge in [0.05, 0.1) is 17.2 Å². The van der Waals surface area contributed by atoms with Crippen LogP contribution < -0.4 is 14.8 Å². The highest BCUT2D eigenvalue weighted by Crippen LogP contribution is 2.34. The van der Waals surface area contributed by atoms with Crippen molar-refractivity contribution in [3.05, 3.63) is 56.5 Å². The Morgan fingerprint density at radius 1 is 1.07 bits per heavy atom. The van der Waals surface area contributed by atoms with E-state index in [0.29, 0.717) is 39.5 Å². The first kappa shape index (κ1) is 23.6. The summed E-state index contributed by atoms with van der Waals surface area (Å²) < 4.78 is 11.3. The minimum absolute atomic E-state index is 0.255. The molecule has 2 N–H and O–H groups in total. The molecule has 0 amide bonds. The number of methoxy groups -OCH3 is 1. The van der Waals surface area contributed by atoms with Gasteiger partial charge in [-0.1, -0.05) is 54.7 Å². The first-order valence-electron chi connectivity index (χ1n) is 9.10. The number of carboxylic acids is 1. The number of benzene rings is 2. The molecule has 5 nitrogen and oxygen atoms in total. The Kier molecular flexibility index (Phi) is 8.90. The molecule has 1 atom stereocenters. The average Bonchev–Trinajstić information content (AvgIpc) is 2.66. The maximum atomic E-state index is 11.4. The lowest BCUT2D eigenvalue weighted by Crippen LogP contribution is -2.37. The fourth-order valence-electron chi connectivity index (χ4n) is 2.75. The van der Waals surface area contributed by atoms with Gasteiger partial charge >= 0.3 is 5.97 Å². The standard InChI is InChI=1S/C21H24Cl3NO4/c1-12(2)6-18(21(26)27)25-10-14-8-19(28-3)20(9-16(14)23)29-11-13-4-5-15(22)17(24)7-13/h4-5,7-9,12,18,25H,6,10-11H2,1-3H3,(H,26,27). The van der Waals surface area contributed by atoms with Gasteiger partial charge in [-0.2, -0.15) is 0 Å². The van der Waals surface area contributed by atoms with Crippen molar-refractivity contribution in [3.8, 4) is 11.5 Å². The van der Waals surface area contributed by atoms with Crippen LogP contribution in [-0.2, 0) is 17.9 Å². The van der Waals surface area contributed by atoms with E-state index < -0.39 is 12.0 Å². The molecule has 0 aliphatic heterocycles. The average molecular weight is 461 g/mol. The van der Waals surface area contributed by atoms with Crippen molar-refractivity contribution in [2.75, 3.05) is 7.11 Å². The summed E-state index contributed by atoms with van der Waals surface area (Å²) >= 11 is 18.4. The number of nitrogens with one attached hydrogen (secondary N) is 1. The van der Waals surface area contributed by atoms with Crippen LogP contribution in [0.3, 0.4) is 0 Å². The maximum absolute atomic E-state index is 11.4. The van der Waals surface area contributed by atoms with Gasteiger partial charge < -0.3 is 19.9 Å². The van der Waals surface area contributed by atoms with E-state index in [1.165, 1.54) is 7.11 Å². The van der Waals surface area contributed by atoms with Crippen molar-refractivity contribution in [1.82, 2.24) is 5.32 Å². The zero-order valence-electron chi connectivity index (χ0n) is 16.5. The highest BCUT2D eigenvalue weighted by atomic mass is 35.5. The first-order chi connectivity index (χ1) is 13.7. The molecule has 1 unspecified atom stereocenters. The Bertz CT molecular complexity index is 858. The number of ether oxygens (including phenoxy) is 2. The van der Waals surface area contributed by atoms with E-state index in [4.69, 9.17) is 44.3 Å². The van der Waals surface area contributed by atoms with Crippen molar-refractivity contribution in [2.45, 2.75) is 39.5 Å². The van der Waals surface area contributed by atoms with Crippen LogP contribution in [0.2, 0.25) is 15.1 Å². The molecule has 0 aliphatic carbocycles. The van der Waals surface area contributed by atoms with E-state index in [1.807, 2.05) is 19.9 Å². The van der Waals surface area contributed by atoms with Gasteiger partial charge in [0.25, 0.3) is 0 Å². The lowest BCUT2D eigenvalue weighted by Gasteiger charge is -2.18. The summed E-state index contributed by atoms with van der Waals surface area (Å²) in [5.74, 6) is 0.348. The van der Waals surface area contributed by atoms with Crippen LogP contribution in [0, 0.1) is 5.92 Å². The Morgan fingerprint density at radius 3 is 2.38 bits per heavy atom. The van der Waals surface area contributed by atoms with E-state index in [0.717, 1.165) is 11.1 Å². The number of carboxylic acid groups (broad SMARTS) is 1. The molecule has 29 heavy (non-hydrogen) atoms. The summed E-state index contributed by atoms with van der Waals surface area (Å²) in [5, 5.41) is 13.8. The van der Waals surface area contributed by atoms with Crippen LogP contribution in [0.15, 0.2) is 30.3 Å². The molecule has 0 aromatic heterocycles. The molecule has 2 aromatic carbocycles. The Labute approximate surface area is 185 Å². The largest absolute Gasteiger partial charge is 0.493 e. The monoisotopic (exact) mass is 459 g/mol. The molecule has 0 radical (unpaired) electrons. The normalized spacial score (nSPS) is 12.1. The molecule has 0 fully saturated rings. The predicted octanol–water partition coefficient (Wildman–Crippen LogP) is 5.82. The second-order valence-corrected chi connectivity index (χ2v) is 8.25. The molecule has 8 heteroatoms. The third kappa shape index (κ3) is 6.96. The fourth-order valence-corrected chi connectivity index (χ4v) is 3.29. The minimum Gasteiger partial charge on any atom is -0.493 e. The van der Waals surface area contributed by atoms with Crippen molar-refractivity contribution >= 4 is 40.8 Å². The molecular weight excluding hydrogens is 437 g/mol. The fraction of sp³-hybridized carbons (Fsp3) is 0.381. The topological polar surface area (TPSA) is 67.8 Å². The number of hydrogen-bond donors (Lipinski definition) is 2. The number of carbonyl (C=O) groups is 1. The van der Waals surface area contributed by atoms with E-state index in [1.54, 1.807) is 24.3 Å². The quantitative estimate of drug-likeness (QED) is 0.467. The summed E-state index contributed by atoms with van der Waals surface area (Å²) in [6.45, 7) is 4.52. The highest BCUT2D eigenvalue weighted by Gasteiger charge is 2.19. The van der Waals surface area contributed by atoms with Crippen molar-refractivity contribution in [2.24, 2.45) is 5.92 Å². The van der Waals surface area contributed by atoms with Crippen LogP contribution in [0.1, 0.15) is 31.4 Å². The van der Waals surface area contributed by atoms with Gasteiger partial charge in [-0.05, 0) is 41.7 Å². The zero-order chi connectivity index (χ0) is 21.6. The van der Waals surface area contributed by atoms with Crippen molar-refractivity contribution < 1.29 is 19.4 Å². The minimum atomic E-state index is -0.886. The Hall–Kier alpha value is -1.66. The van der Waals surface area contributed by atoms with Crippen LogP contribution in [0.4, 0.5) is 0 Å².